The standard InChI is InChI=1S/C20H18N4O3S/c1-27-14-7-5-13(6-8-14)19(26)24-11-9-15-17(12-24)28-20(22-15)23-18(25)16-4-2-3-10-21-16/h2-8,10H,9,11-12H2,1H3,(H,22,23,25). The van der Waals surface area contributed by atoms with Crippen LogP contribution in [-0.2, 0) is 13.0 Å². The number of hydrogen-bond donors (Lipinski definition) is 1. The summed E-state index contributed by atoms with van der Waals surface area (Å²) >= 11 is 1.40. The van der Waals surface area contributed by atoms with E-state index >= 15 is 0 Å². The fourth-order valence-corrected chi connectivity index (χ4v) is 4.02. The number of carbonyl (C=O) groups excluding carboxylic acids is 2. The molecule has 0 spiro atoms. The summed E-state index contributed by atoms with van der Waals surface area (Å²) in [5.41, 5.74) is 1.89. The van der Waals surface area contributed by atoms with Crippen molar-refractivity contribution in [2.45, 2.75) is 13.0 Å². The first-order chi connectivity index (χ1) is 13.6. The van der Waals surface area contributed by atoms with E-state index in [4.69, 9.17) is 4.74 Å². The minimum Gasteiger partial charge on any atom is -0.497 e. The number of hydrogen-bond acceptors (Lipinski definition) is 6. The van der Waals surface area contributed by atoms with Crippen LogP contribution in [0.1, 0.15) is 31.4 Å². The number of methoxy groups -OCH3 is 1. The Kier molecular flexibility index (Phi) is 5.03. The number of amides is 2. The lowest BCUT2D eigenvalue weighted by molar-refractivity contribution is 0.0736. The van der Waals surface area contributed by atoms with Gasteiger partial charge in [-0.15, -0.1) is 0 Å². The van der Waals surface area contributed by atoms with Gasteiger partial charge in [0.1, 0.15) is 11.4 Å². The van der Waals surface area contributed by atoms with E-state index in [0.717, 1.165) is 10.6 Å². The highest BCUT2D eigenvalue weighted by Gasteiger charge is 2.25. The summed E-state index contributed by atoms with van der Waals surface area (Å²) in [7, 11) is 1.59. The SMILES string of the molecule is COc1ccc(C(=O)N2CCc3nc(NC(=O)c4ccccn4)sc3C2)cc1. The van der Waals surface area contributed by atoms with E-state index < -0.39 is 0 Å². The van der Waals surface area contributed by atoms with Crippen LogP contribution in [-0.4, -0.2) is 40.3 Å². The molecule has 142 valence electrons. The zero-order chi connectivity index (χ0) is 19.5. The predicted octanol–water partition coefficient (Wildman–Crippen LogP) is 3.00. The summed E-state index contributed by atoms with van der Waals surface area (Å²) in [5.74, 6) is 0.395. The molecule has 0 bridgehead atoms. The average Bonchev–Trinajstić information content (AvgIpc) is 3.15. The molecule has 0 saturated heterocycles. The minimum absolute atomic E-state index is 0.0271. The summed E-state index contributed by atoms with van der Waals surface area (Å²) < 4.78 is 5.14. The molecule has 1 aliphatic heterocycles. The van der Waals surface area contributed by atoms with Gasteiger partial charge in [0.25, 0.3) is 11.8 Å². The molecule has 28 heavy (non-hydrogen) atoms. The van der Waals surface area contributed by atoms with Crippen molar-refractivity contribution in [3.8, 4) is 5.75 Å². The van der Waals surface area contributed by atoms with E-state index in [0.29, 0.717) is 41.6 Å². The summed E-state index contributed by atoms with van der Waals surface area (Å²) in [6.07, 6.45) is 2.23. The van der Waals surface area contributed by atoms with Gasteiger partial charge in [0.2, 0.25) is 0 Å². The van der Waals surface area contributed by atoms with Crippen LogP contribution in [0.2, 0.25) is 0 Å². The zero-order valence-corrected chi connectivity index (χ0v) is 16.0. The Balaban J connectivity index is 1.45. The van der Waals surface area contributed by atoms with Crippen LogP contribution >= 0.6 is 11.3 Å². The highest BCUT2D eigenvalue weighted by atomic mass is 32.1. The van der Waals surface area contributed by atoms with Gasteiger partial charge in [-0.3, -0.25) is 19.9 Å². The zero-order valence-electron chi connectivity index (χ0n) is 15.2. The number of benzene rings is 1. The fraction of sp³-hybridized carbons (Fsp3) is 0.200. The third kappa shape index (κ3) is 3.72. The second kappa shape index (κ2) is 7.77. The van der Waals surface area contributed by atoms with Crippen molar-refractivity contribution >= 4 is 28.3 Å². The molecule has 3 heterocycles. The monoisotopic (exact) mass is 394 g/mol. The number of anilines is 1. The van der Waals surface area contributed by atoms with E-state index in [-0.39, 0.29) is 11.8 Å². The molecule has 1 N–H and O–H groups in total. The van der Waals surface area contributed by atoms with Crippen LogP contribution in [0.4, 0.5) is 5.13 Å². The second-order valence-corrected chi connectivity index (χ2v) is 7.35. The van der Waals surface area contributed by atoms with Crippen LogP contribution in [0.3, 0.4) is 0 Å². The first kappa shape index (κ1) is 18.1. The Morgan fingerprint density at radius 2 is 2.00 bits per heavy atom. The molecule has 0 aliphatic carbocycles. The van der Waals surface area contributed by atoms with Gasteiger partial charge in [0, 0.05) is 29.6 Å². The summed E-state index contributed by atoms with van der Waals surface area (Å²) in [6.45, 7) is 1.08. The Bertz CT molecular complexity index is 1000. The van der Waals surface area contributed by atoms with Crippen LogP contribution in [0.15, 0.2) is 48.7 Å². The average molecular weight is 394 g/mol. The molecule has 2 amide bonds. The number of nitrogens with zero attached hydrogens (tertiary/aromatic N) is 3. The molecule has 4 rings (SSSR count). The second-order valence-electron chi connectivity index (χ2n) is 6.26. The maximum absolute atomic E-state index is 12.8. The van der Waals surface area contributed by atoms with Crippen molar-refractivity contribution in [3.63, 3.8) is 0 Å². The topological polar surface area (TPSA) is 84.4 Å². The number of nitrogens with one attached hydrogen (secondary N) is 1. The van der Waals surface area contributed by atoms with Crippen molar-refractivity contribution in [1.82, 2.24) is 14.9 Å². The van der Waals surface area contributed by atoms with E-state index in [1.54, 1.807) is 60.7 Å². The third-order valence-electron chi connectivity index (χ3n) is 4.47. The number of thiazole rings is 1. The van der Waals surface area contributed by atoms with E-state index in [2.05, 4.69) is 15.3 Å². The van der Waals surface area contributed by atoms with Gasteiger partial charge < -0.3 is 9.64 Å². The first-order valence-electron chi connectivity index (χ1n) is 8.78. The van der Waals surface area contributed by atoms with E-state index in [1.165, 1.54) is 11.3 Å². The Hall–Kier alpha value is -3.26. The fourth-order valence-electron chi connectivity index (χ4n) is 3.00. The molecule has 1 aliphatic rings. The van der Waals surface area contributed by atoms with Gasteiger partial charge in [0.05, 0.1) is 19.3 Å². The molecule has 8 heteroatoms. The van der Waals surface area contributed by atoms with Crippen molar-refractivity contribution in [3.05, 3.63) is 70.5 Å². The Labute approximate surface area is 166 Å². The van der Waals surface area contributed by atoms with Gasteiger partial charge >= 0.3 is 0 Å². The summed E-state index contributed by atoms with van der Waals surface area (Å²) in [6, 6.07) is 12.3. The van der Waals surface area contributed by atoms with Gasteiger partial charge in [-0.05, 0) is 36.4 Å². The van der Waals surface area contributed by atoms with Gasteiger partial charge in [-0.1, -0.05) is 17.4 Å². The van der Waals surface area contributed by atoms with Crippen LogP contribution in [0.5, 0.6) is 5.75 Å². The quantitative estimate of drug-likeness (QED) is 0.735. The highest BCUT2D eigenvalue weighted by Crippen LogP contribution is 2.29. The molecule has 0 atom stereocenters. The van der Waals surface area contributed by atoms with Gasteiger partial charge in [0.15, 0.2) is 5.13 Å². The Morgan fingerprint density at radius 3 is 2.71 bits per heavy atom. The first-order valence-corrected chi connectivity index (χ1v) is 9.60. The van der Waals surface area contributed by atoms with E-state index in [1.807, 2.05) is 0 Å². The smallest absolute Gasteiger partial charge is 0.276 e. The molecule has 1 aromatic carbocycles. The number of pyridine rings is 1. The molecular weight excluding hydrogens is 376 g/mol. The molecule has 7 nitrogen and oxygen atoms in total. The third-order valence-corrected chi connectivity index (χ3v) is 5.47. The van der Waals surface area contributed by atoms with Gasteiger partial charge in [-0.25, -0.2) is 4.98 Å². The van der Waals surface area contributed by atoms with Crippen LogP contribution in [0, 0.1) is 0 Å². The van der Waals surface area contributed by atoms with Crippen molar-refractivity contribution in [1.29, 1.82) is 0 Å². The number of fused-ring (bicyclic) bond motifs is 1. The molecule has 2 aromatic heterocycles. The van der Waals surface area contributed by atoms with Gasteiger partial charge in [-0.2, -0.15) is 0 Å². The largest absolute Gasteiger partial charge is 0.497 e. The maximum atomic E-state index is 12.8. The number of carbonyl (C=O) groups is 2. The van der Waals surface area contributed by atoms with E-state index in [9.17, 15) is 9.59 Å². The number of ether oxygens (including phenoxy) is 1. The van der Waals surface area contributed by atoms with Crippen molar-refractivity contribution in [2.75, 3.05) is 19.0 Å². The highest BCUT2D eigenvalue weighted by molar-refractivity contribution is 7.15. The normalized spacial score (nSPS) is 13.0. The van der Waals surface area contributed by atoms with Crippen LogP contribution in [0.25, 0.3) is 0 Å². The van der Waals surface area contributed by atoms with Crippen molar-refractivity contribution in [2.24, 2.45) is 0 Å². The van der Waals surface area contributed by atoms with Crippen molar-refractivity contribution < 1.29 is 14.3 Å². The summed E-state index contributed by atoms with van der Waals surface area (Å²) in [5, 5.41) is 3.32. The molecule has 0 saturated carbocycles. The number of rotatable bonds is 4. The lowest BCUT2D eigenvalue weighted by Crippen LogP contribution is -2.35. The molecule has 0 radical (unpaired) electrons. The molecule has 3 aromatic rings. The summed E-state index contributed by atoms with van der Waals surface area (Å²) in [4.78, 5) is 36.4. The predicted molar refractivity (Wildman–Crippen MR) is 106 cm³/mol. The molecule has 0 unspecified atom stereocenters. The lowest BCUT2D eigenvalue weighted by atomic mass is 10.1. The molecule has 0 fully saturated rings. The minimum atomic E-state index is -0.294. The number of aromatic nitrogens is 2. The maximum Gasteiger partial charge on any atom is 0.276 e. The Morgan fingerprint density at radius 1 is 1.18 bits per heavy atom. The lowest BCUT2D eigenvalue weighted by Gasteiger charge is -2.26. The molecular formula is C20H18N4O3S. The van der Waals surface area contributed by atoms with Crippen LogP contribution < -0.4 is 10.1 Å².